The molecule has 1 fully saturated rings. The predicted octanol–water partition coefficient (Wildman–Crippen LogP) is 2.76. The lowest BCUT2D eigenvalue weighted by Crippen LogP contribution is -2.24. The van der Waals surface area contributed by atoms with Crippen LogP contribution in [0.5, 0.6) is 11.5 Å². The third-order valence-electron chi connectivity index (χ3n) is 4.22. The van der Waals surface area contributed by atoms with E-state index < -0.39 is 0 Å². The van der Waals surface area contributed by atoms with Crippen molar-refractivity contribution in [2.45, 2.75) is 12.8 Å². The van der Waals surface area contributed by atoms with Gasteiger partial charge >= 0.3 is 0 Å². The number of rotatable bonds is 5. The highest BCUT2D eigenvalue weighted by Gasteiger charge is 2.18. The standard InChI is InChI=1S/C19H21N3O3/c1-25-17-10-6-7-14(18(17)23)13-20-21-19(24)15-8-2-3-9-16(15)22-11-4-5-12-22/h2-3,6-10,13,23H,4-5,11-12H2,1H3,(H,21,24)/b20-13-. The first-order valence-electron chi connectivity index (χ1n) is 8.24. The number of anilines is 1. The van der Waals surface area contributed by atoms with Gasteiger partial charge in [-0.1, -0.05) is 18.2 Å². The Morgan fingerprint density at radius 2 is 1.96 bits per heavy atom. The number of carbonyl (C=O) groups excluding carboxylic acids is 1. The summed E-state index contributed by atoms with van der Waals surface area (Å²) in [6.07, 6.45) is 3.68. The molecule has 0 aromatic heterocycles. The van der Waals surface area contributed by atoms with E-state index in [4.69, 9.17) is 4.74 Å². The Balaban J connectivity index is 1.73. The number of hydrazone groups is 1. The number of aromatic hydroxyl groups is 1. The fraction of sp³-hybridized carbons (Fsp3) is 0.263. The summed E-state index contributed by atoms with van der Waals surface area (Å²) in [5.74, 6) is 0.0660. The van der Waals surface area contributed by atoms with E-state index in [0.717, 1.165) is 31.6 Å². The van der Waals surface area contributed by atoms with Crippen molar-refractivity contribution in [1.29, 1.82) is 0 Å². The molecular formula is C19H21N3O3. The van der Waals surface area contributed by atoms with Crippen molar-refractivity contribution in [3.8, 4) is 11.5 Å². The lowest BCUT2D eigenvalue weighted by atomic mass is 10.1. The Bertz CT molecular complexity index is 783. The Morgan fingerprint density at radius 1 is 1.20 bits per heavy atom. The molecule has 6 heteroatoms. The van der Waals surface area contributed by atoms with E-state index in [9.17, 15) is 9.90 Å². The molecule has 0 atom stereocenters. The maximum absolute atomic E-state index is 12.5. The topological polar surface area (TPSA) is 74.2 Å². The molecule has 3 rings (SSSR count). The van der Waals surface area contributed by atoms with Crippen LogP contribution in [0.15, 0.2) is 47.6 Å². The van der Waals surface area contributed by atoms with Gasteiger partial charge in [0.05, 0.1) is 18.9 Å². The van der Waals surface area contributed by atoms with Crippen LogP contribution >= 0.6 is 0 Å². The molecule has 6 nitrogen and oxygen atoms in total. The highest BCUT2D eigenvalue weighted by Crippen LogP contribution is 2.28. The van der Waals surface area contributed by atoms with Crippen LogP contribution in [-0.2, 0) is 0 Å². The smallest absolute Gasteiger partial charge is 0.273 e. The van der Waals surface area contributed by atoms with Gasteiger partial charge in [-0.2, -0.15) is 5.10 Å². The Hall–Kier alpha value is -3.02. The van der Waals surface area contributed by atoms with Gasteiger partial charge in [0, 0.05) is 24.3 Å². The van der Waals surface area contributed by atoms with E-state index in [2.05, 4.69) is 15.4 Å². The van der Waals surface area contributed by atoms with Crippen LogP contribution in [0.2, 0.25) is 0 Å². The van der Waals surface area contributed by atoms with Gasteiger partial charge in [-0.05, 0) is 37.1 Å². The molecule has 0 spiro atoms. The van der Waals surface area contributed by atoms with Crippen molar-refractivity contribution in [2.24, 2.45) is 5.10 Å². The van der Waals surface area contributed by atoms with Crippen molar-refractivity contribution < 1.29 is 14.6 Å². The zero-order chi connectivity index (χ0) is 17.6. The summed E-state index contributed by atoms with van der Waals surface area (Å²) in [6, 6.07) is 12.6. The molecule has 0 unspecified atom stereocenters. The van der Waals surface area contributed by atoms with E-state index in [-0.39, 0.29) is 11.7 Å². The maximum Gasteiger partial charge on any atom is 0.273 e. The minimum atomic E-state index is -0.277. The molecule has 1 heterocycles. The summed E-state index contributed by atoms with van der Waals surface area (Å²) >= 11 is 0. The molecule has 1 amide bonds. The summed E-state index contributed by atoms with van der Waals surface area (Å²) in [5, 5.41) is 14.0. The molecule has 2 aromatic rings. The number of nitrogens with zero attached hydrogens (tertiary/aromatic N) is 2. The minimum Gasteiger partial charge on any atom is -0.504 e. The van der Waals surface area contributed by atoms with Crippen LogP contribution < -0.4 is 15.1 Å². The number of carbonyl (C=O) groups is 1. The first-order valence-corrected chi connectivity index (χ1v) is 8.24. The SMILES string of the molecule is COc1cccc(/C=N\NC(=O)c2ccccc2N2CCCC2)c1O. The summed E-state index contributed by atoms with van der Waals surface area (Å²) < 4.78 is 5.05. The van der Waals surface area contributed by atoms with Crippen molar-refractivity contribution in [1.82, 2.24) is 5.43 Å². The number of ether oxygens (including phenoxy) is 1. The summed E-state index contributed by atoms with van der Waals surface area (Å²) in [6.45, 7) is 1.93. The average molecular weight is 339 g/mol. The number of phenols is 1. The third-order valence-corrected chi connectivity index (χ3v) is 4.22. The molecule has 2 aromatic carbocycles. The van der Waals surface area contributed by atoms with Crippen molar-refractivity contribution >= 4 is 17.8 Å². The van der Waals surface area contributed by atoms with Gasteiger partial charge in [-0.15, -0.1) is 0 Å². The molecule has 1 aliphatic rings. The monoisotopic (exact) mass is 339 g/mol. The number of amides is 1. The molecule has 2 N–H and O–H groups in total. The number of hydrogen-bond donors (Lipinski definition) is 2. The van der Waals surface area contributed by atoms with Crippen LogP contribution in [0.25, 0.3) is 0 Å². The number of para-hydroxylation sites is 2. The summed E-state index contributed by atoms with van der Waals surface area (Å²) in [5.41, 5.74) is 4.51. The second-order valence-corrected chi connectivity index (χ2v) is 5.81. The largest absolute Gasteiger partial charge is 0.504 e. The van der Waals surface area contributed by atoms with Gasteiger partial charge < -0.3 is 14.7 Å². The zero-order valence-electron chi connectivity index (χ0n) is 14.1. The van der Waals surface area contributed by atoms with Gasteiger partial charge in [0.25, 0.3) is 5.91 Å². The Morgan fingerprint density at radius 3 is 2.72 bits per heavy atom. The van der Waals surface area contributed by atoms with Crippen LogP contribution in [-0.4, -0.2) is 37.4 Å². The first kappa shape index (κ1) is 16.8. The molecule has 130 valence electrons. The molecule has 0 aliphatic carbocycles. The fourth-order valence-electron chi connectivity index (χ4n) is 2.93. The van der Waals surface area contributed by atoms with Crippen molar-refractivity contribution in [3.63, 3.8) is 0 Å². The number of phenolic OH excluding ortho intramolecular Hbond substituents is 1. The quantitative estimate of drug-likeness (QED) is 0.649. The molecule has 0 bridgehead atoms. The highest BCUT2D eigenvalue weighted by molar-refractivity contribution is 6.00. The van der Waals surface area contributed by atoms with Crippen LogP contribution in [0, 0.1) is 0 Å². The van der Waals surface area contributed by atoms with Gasteiger partial charge in [-0.25, -0.2) is 5.43 Å². The van der Waals surface area contributed by atoms with Gasteiger partial charge in [0.2, 0.25) is 0 Å². The molecule has 25 heavy (non-hydrogen) atoms. The summed E-state index contributed by atoms with van der Waals surface area (Å²) in [4.78, 5) is 14.7. The number of hydrogen-bond acceptors (Lipinski definition) is 5. The number of methoxy groups -OCH3 is 1. The van der Waals surface area contributed by atoms with E-state index in [1.807, 2.05) is 18.2 Å². The summed E-state index contributed by atoms with van der Waals surface area (Å²) in [7, 11) is 1.48. The van der Waals surface area contributed by atoms with Crippen molar-refractivity contribution in [3.05, 3.63) is 53.6 Å². The highest BCUT2D eigenvalue weighted by atomic mass is 16.5. The lowest BCUT2D eigenvalue weighted by Gasteiger charge is -2.20. The molecule has 0 saturated carbocycles. The minimum absolute atomic E-state index is 0.0135. The third kappa shape index (κ3) is 3.74. The Labute approximate surface area is 146 Å². The van der Waals surface area contributed by atoms with Gasteiger partial charge in [0.1, 0.15) is 0 Å². The van der Waals surface area contributed by atoms with Gasteiger partial charge in [0.15, 0.2) is 11.5 Å². The maximum atomic E-state index is 12.5. The second-order valence-electron chi connectivity index (χ2n) is 5.81. The van der Waals surface area contributed by atoms with E-state index in [0.29, 0.717) is 16.9 Å². The van der Waals surface area contributed by atoms with E-state index >= 15 is 0 Å². The van der Waals surface area contributed by atoms with Gasteiger partial charge in [-0.3, -0.25) is 4.79 Å². The van der Waals surface area contributed by atoms with Crippen LogP contribution in [0.4, 0.5) is 5.69 Å². The fourth-order valence-corrected chi connectivity index (χ4v) is 2.93. The van der Waals surface area contributed by atoms with Crippen LogP contribution in [0.1, 0.15) is 28.8 Å². The molecule has 1 aliphatic heterocycles. The second kappa shape index (κ2) is 7.70. The predicted molar refractivity (Wildman–Crippen MR) is 97.6 cm³/mol. The first-order chi connectivity index (χ1) is 12.2. The number of benzene rings is 2. The lowest BCUT2D eigenvalue weighted by molar-refractivity contribution is 0.0955. The molecular weight excluding hydrogens is 318 g/mol. The Kier molecular flexibility index (Phi) is 5.18. The van der Waals surface area contributed by atoms with E-state index in [1.165, 1.54) is 13.3 Å². The molecule has 1 saturated heterocycles. The number of nitrogens with one attached hydrogen (secondary N) is 1. The van der Waals surface area contributed by atoms with Crippen molar-refractivity contribution in [2.75, 3.05) is 25.1 Å². The molecule has 0 radical (unpaired) electrons. The normalized spacial score (nSPS) is 14.0. The zero-order valence-corrected chi connectivity index (χ0v) is 14.1. The van der Waals surface area contributed by atoms with Crippen LogP contribution in [0.3, 0.4) is 0 Å². The average Bonchev–Trinajstić information content (AvgIpc) is 3.17. The van der Waals surface area contributed by atoms with E-state index in [1.54, 1.807) is 24.3 Å².